The minimum absolute atomic E-state index is 0.236. The van der Waals surface area contributed by atoms with Crippen molar-refractivity contribution in [2.75, 3.05) is 0 Å². The Morgan fingerprint density at radius 1 is 0.941 bits per heavy atom. The zero-order chi connectivity index (χ0) is 13.6. The van der Waals surface area contributed by atoms with E-state index >= 15 is 0 Å². The molecular formula is C15H31NSi. The van der Waals surface area contributed by atoms with E-state index in [0.717, 1.165) is 17.4 Å². The lowest BCUT2D eigenvalue weighted by molar-refractivity contribution is 0.474. The Labute approximate surface area is 109 Å². The summed E-state index contributed by atoms with van der Waals surface area (Å²) in [5.41, 5.74) is 4.35. The maximum Gasteiger partial charge on any atom is 0.124 e. The standard InChI is InChI=1S/C15H31NSi/c1-10-11(2)13(4)14(12(10)3)17(8,9)16-15(5,6)7/h12-14,16H,1-9H3. The van der Waals surface area contributed by atoms with Crippen LogP contribution in [0, 0.1) is 11.8 Å². The highest BCUT2D eigenvalue weighted by Gasteiger charge is 2.45. The summed E-state index contributed by atoms with van der Waals surface area (Å²) in [7, 11) is -1.41. The van der Waals surface area contributed by atoms with Crippen LogP contribution in [0.25, 0.3) is 0 Å². The molecule has 0 saturated heterocycles. The van der Waals surface area contributed by atoms with Gasteiger partial charge >= 0.3 is 0 Å². The van der Waals surface area contributed by atoms with Gasteiger partial charge in [0.05, 0.1) is 0 Å². The molecule has 0 amide bonds. The van der Waals surface area contributed by atoms with Crippen LogP contribution >= 0.6 is 0 Å². The molecule has 0 spiro atoms. The molecule has 1 aliphatic rings. The van der Waals surface area contributed by atoms with Gasteiger partial charge in [0.2, 0.25) is 0 Å². The summed E-state index contributed by atoms with van der Waals surface area (Å²) in [6.07, 6.45) is 0. The third kappa shape index (κ3) is 3.03. The minimum Gasteiger partial charge on any atom is -0.332 e. The van der Waals surface area contributed by atoms with E-state index in [2.05, 4.69) is 66.5 Å². The van der Waals surface area contributed by atoms with E-state index in [-0.39, 0.29) is 5.54 Å². The van der Waals surface area contributed by atoms with Crippen molar-refractivity contribution in [2.24, 2.45) is 11.8 Å². The van der Waals surface area contributed by atoms with Gasteiger partial charge in [-0.3, -0.25) is 0 Å². The highest BCUT2D eigenvalue weighted by atomic mass is 28.3. The molecule has 2 unspecified atom stereocenters. The third-order valence-corrected chi connectivity index (χ3v) is 8.66. The normalized spacial score (nSPS) is 31.2. The summed E-state index contributed by atoms with van der Waals surface area (Å²) >= 11 is 0. The Morgan fingerprint density at radius 2 is 1.29 bits per heavy atom. The van der Waals surface area contributed by atoms with Gasteiger partial charge in [0.25, 0.3) is 0 Å². The summed E-state index contributed by atoms with van der Waals surface area (Å²) in [6.45, 7) is 21.4. The van der Waals surface area contributed by atoms with Crippen molar-refractivity contribution in [2.45, 2.75) is 72.6 Å². The lowest BCUT2D eigenvalue weighted by Gasteiger charge is -2.42. The van der Waals surface area contributed by atoms with Crippen molar-refractivity contribution in [3.05, 3.63) is 11.1 Å². The average Bonchev–Trinajstić information content (AvgIpc) is 2.27. The second kappa shape index (κ2) is 4.54. The quantitative estimate of drug-likeness (QED) is 0.561. The molecule has 2 heteroatoms. The first-order chi connectivity index (χ1) is 7.47. The number of rotatable bonds is 2. The Morgan fingerprint density at radius 3 is 1.59 bits per heavy atom. The predicted molar refractivity (Wildman–Crippen MR) is 80.8 cm³/mol. The van der Waals surface area contributed by atoms with Crippen LogP contribution in [-0.4, -0.2) is 13.8 Å². The van der Waals surface area contributed by atoms with E-state index in [9.17, 15) is 0 Å². The smallest absolute Gasteiger partial charge is 0.124 e. The maximum absolute atomic E-state index is 3.95. The number of nitrogens with one attached hydrogen (secondary N) is 1. The molecule has 0 aromatic carbocycles. The highest BCUT2D eigenvalue weighted by Crippen LogP contribution is 2.49. The molecule has 1 N–H and O–H groups in total. The minimum atomic E-state index is -1.41. The summed E-state index contributed by atoms with van der Waals surface area (Å²) in [5.74, 6) is 1.50. The van der Waals surface area contributed by atoms with Crippen LogP contribution in [0.2, 0.25) is 18.6 Å². The average molecular weight is 254 g/mol. The topological polar surface area (TPSA) is 12.0 Å². The number of hydrogen-bond acceptors (Lipinski definition) is 1. The van der Waals surface area contributed by atoms with E-state index in [1.54, 1.807) is 11.1 Å². The van der Waals surface area contributed by atoms with Crippen LogP contribution in [0.4, 0.5) is 0 Å². The Bertz CT molecular complexity index is 304. The van der Waals surface area contributed by atoms with E-state index in [0.29, 0.717) is 0 Å². The predicted octanol–water partition coefficient (Wildman–Crippen LogP) is 4.57. The number of allylic oxidation sites excluding steroid dienone is 2. The van der Waals surface area contributed by atoms with Crippen LogP contribution in [0.15, 0.2) is 11.1 Å². The van der Waals surface area contributed by atoms with Gasteiger partial charge in [0, 0.05) is 5.54 Å². The second-order valence-electron chi connectivity index (χ2n) is 7.57. The molecule has 0 radical (unpaired) electrons. The molecule has 0 saturated carbocycles. The van der Waals surface area contributed by atoms with Gasteiger partial charge in [-0.05, 0) is 52.0 Å². The molecule has 1 aliphatic carbocycles. The zero-order valence-corrected chi connectivity index (χ0v) is 14.2. The van der Waals surface area contributed by atoms with Gasteiger partial charge < -0.3 is 4.98 Å². The molecule has 0 aromatic rings. The Hall–Kier alpha value is -0.0831. The lowest BCUT2D eigenvalue weighted by Crippen LogP contribution is -2.58. The Balaban J connectivity index is 2.95. The first kappa shape index (κ1) is 15.0. The Kier molecular flexibility index (Phi) is 4.00. The van der Waals surface area contributed by atoms with Gasteiger partial charge in [-0.25, -0.2) is 0 Å². The van der Waals surface area contributed by atoms with E-state index in [1.165, 1.54) is 0 Å². The van der Waals surface area contributed by atoms with Crippen molar-refractivity contribution in [3.63, 3.8) is 0 Å². The highest BCUT2D eigenvalue weighted by molar-refractivity contribution is 6.76. The fourth-order valence-corrected chi connectivity index (χ4v) is 9.09. The monoisotopic (exact) mass is 253 g/mol. The molecule has 0 aliphatic heterocycles. The summed E-state index contributed by atoms with van der Waals surface area (Å²) in [6, 6.07) is 0. The van der Waals surface area contributed by atoms with Crippen molar-refractivity contribution in [1.82, 2.24) is 4.98 Å². The van der Waals surface area contributed by atoms with Gasteiger partial charge in [0.15, 0.2) is 0 Å². The molecule has 0 aromatic heterocycles. The molecule has 17 heavy (non-hydrogen) atoms. The van der Waals surface area contributed by atoms with E-state index < -0.39 is 8.24 Å². The van der Waals surface area contributed by atoms with Crippen molar-refractivity contribution >= 4 is 8.24 Å². The van der Waals surface area contributed by atoms with Crippen molar-refractivity contribution in [3.8, 4) is 0 Å². The third-order valence-electron chi connectivity index (χ3n) is 4.60. The first-order valence-electron chi connectivity index (χ1n) is 6.94. The molecule has 2 atom stereocenters. The SMILES string of the molecule is CC1=C(C)C(C)C([Si](C)(C)NC(C)(C)C)C1C. The van der Waals surface area contributed by atoms with Crippen LogP contribution in [0.5, 0.6) is 0 Å². The van der Waals surface area contributed by atoms with Gasteiger partial charge in [-0.1, -0.05) is 38.1 Å². The van der Waals surface area contributed by atoms with E-state index in [4.69, 9.17) is 0 Å². The summed E-state index contributed by atoms with van der Waals surface area (Å²) in [5, 5.41) is 0. The molecule has 0 heterocycles. The largest absolute Gasteiger partial charge is 0.332 e. The van der Waals surface area contributed by atoms with Gasteiger partial charge in [-0.15, -0.1) is 0 Å². The van der Waals surface area contributed by atoms with Crippen molar-refractivity contribution < 1.29 is 0 Å². The molecule has 100 valence electrons. The van der Waals surface area contributed by atoms with Crippen LogP contribution in [0.1, 0.15) is 48.5 Å². The van der Waals surface area contributed by atoms with Gasteiger partial charge in [-0.2, -0.15) is 0 Å². The lowest BCUT2D eigenvalue weighted by atomic mass is 10.0. The molecule has 0 fully saturated rings. The molecule has 1 nitrogen and oxygen atoms in total. The van der Waals surface area contributed by atoms with Crippen LogP contribution < -0.4 is 4.98 Å². The van der Waals surface area contributed by atoms with Crippen LogP contribution in [0.3, 0.4) is 0 Å². The zero-order valence-electron chi connectivity index (χ0n) is 13.2. The van der Waals surface area contributed by atoms with E-state index in [1.807, 2.05) is 0 Å². The fourth-order valence-electron chi connectivity index (χ4n) is 3.99. The summed E-state index contributed by atoms with van der Waals surface area (Å²) in [4.78, 5) is 3.95. The second-order valence-corrected chi connectivity index (χ2v) is 11.9. The fraction of sp³-hybridized carbons (Fsp3) is 0.867. The van der Waals surface area contributed by atoms with Crippen LogP contribution in [-0.2, 0) is 0 Å². The van der Waals surface area contributed by atoms with Gasteiger partial charge in [0.1, 0.15) is 8.24 Å². The van der Waals surface area contributed by atoms with Crippen molar-refractivity contribution in [1.29, 1.82) is 0 Å². The molecule has 0 bridgehead atoms. The first-order valence-corrected chi connectivity index (χ1v) is 10.0. The molecule has 1 rings (SSSR count). The molecular weight excluding hydrogens is 222 g/mol. The summed E-state index contributed by atoms with van der Waals surface area (Å²) < 4.78 is 0. The maximum atomic E-state index is 3.95. The number of hydrogen-bond donors (Lipinski definition) is 1.